The number of methoxy groups -OCH3 is 3. The number of carbonyl (C=O) groups is 3. The molecule has 16 nitrogen and oxygen atoms in total. The Hall–Kier alpha value is -7.59. The van der Waals surface area contributed by atoms with Crippen LogP contribution in [0.2, 0.25) is 0 Å². The van der Waals surface area contributed by atoms with Gasteiger partial charge in [0.25, 0.3) is 0 Å². The summed E-state index contributed by atoms with van der Waals surface area (Å²) in [6, 6.07) is 29.1. The van der Waals surface area contributed by atoms with Crippen LogP contribution in [0, 0.1) is 5.92 Å². The van der Waals surface area contributed by atoms with E-state index in [1.165, 1.54) is 7.11 Å². The summed E-state index contributed by atoms with van der Waals surface area (Å²) in [4.78, 5) is 63.5. The van der Waals surface area contributed by atoms with Crippen LogP contribution in [0.25, 0.3) is 44.7 Å². The molecule has 3 aliphatic rings. The first kappa shape index (κ1) is 48.1. The van der Waals surface area contributed by atoms with E-state index in [4.69, 9.17) is 28.9 Å². The third-order valence-electron chi connectivity index (χ3n) is 14.7. The first-order valence-corrected chi connectivity index (χ1v) is 25.1. The molecule has 3 amide bonds. The molecule has 6 heterocycles. The number of amides is 3. The summed E-state index contributed by atoms with van der Waals surface area (Å²) in [6.07, 6.45) is 5.73. The Bertz CT molecular complexity index is 3080. The number of ether oxygens (including phenoxy) is 4. The van der Waals surface area contributed by atoms with Gasteiger partial charge in [-0.2, -0.15) is 0 Å². The number of nitrogens with one attached hydrogen (secondary N) is 3. The van der Waals surface area contributed by atoms with Gasteiger partial charge in [-0.05, 0) is 92.7 Å². The van der Waals surface area contributed by atoms with Crippen LogP contribution < -0.4 is 19.5 Å². The summed E-state index contributed by atoms with van der Waals surface area (Å²) in [6.45, 7) is 10.8. The lowest BCUT2D eigenvalue weighted by Gasteiger charge is -2.34. The minimum absolute atomic E-state index is 0.106. The molecule has 3 unspecified atom stereocenters. The molecule has 2 saturated heterocycles. The number of hydrogen-bond acceptors (Lipinski definition) is 10. The van der Waals surface area contributed by atoms with Gasteiger partial charge >= 0.3 is 6.09 Å². The summed E-state index contributed by atoms with van der Waals surface area (Å²) in [5.74, 6) is 3.22. The molecule has 0 spiro atoms. The molecular formula is C56H63N9O7. The molecule has 3 N–H and O–H groups in total. The van der Waals surface area contributed by atoms with Crippen molar-refractivity contribution in [2.45, 2.75) is 83.8 Å². The van der Waals surface area contributed by atoms with Gasteiger partial charge in [0.05, 0.1) is 68.4 Å². The summed E-state index contributed by atoms with van der Waals surface area (Å²) in [5, 5.41) is 3.74. The fourth-order valence-electron chi connectivity index (χ4n) is 10.9. The number of aromatic nitrogens is 5. The zero-order valence-electron chi connectivity index (χ0n) is 42.0. The monoisotopic (exact) mass is 973 g/mol. The number of alkyl carbamates (subject to hydrolysis) is 1. The fourth-order valence-corrected chi connectivity index (χ4v) is 10.9. The molecular weight excluding hydrogens is 911 g/mol. The first-order valence-electron chi connectivity index (χ1n) is 25.1. The Labute approximate surface area is 419 Å². The van der Waals surface area contributed by atoms with E-state index in [1.54, 1.807) is 20.4 Å². The van der Waals surface area contributed by atoms with Crippen molar-refractivity contribution in [3.05, 3.63) is 126 Å². The zero-order valence-corrected chi connectivity index (χ0v) is 42.0. The van der Waals surface area contributed by atoms with Crippen molar-refractivity contribution in [3.63, 3.8) is 0 Å². The van der Waals surface area contributed by atoms with Crippen LogP contribution in [0.4, 0.5) is 4.79 Å². The molecule has 374 valence electrons. The third-order valence-corrected chi connectivity index (χ3v) is 14.7. The van der Waals surface area contributed by atoms with Gasteiger partial charge < -0.3 is 48.6 Å². The first-order chi connectivity index (χ1) is 35.0. The van der Waals surface area contributed by atoms with Gasteiger partial charge in [0.2, 0.25) is 18.0 Å². The van der Waals surface area contributed by atoms with Gasteiger partial charge in [-0.3, -0.25) is 14.5 Å². The average Bonchev–Trinajstić information content (AvgIpc) is 4.28. The summed E-state index contributed by atoms with van der Waals surface area (Å²) in [7, 11) is 4.57. The van der Waals surface area contributed by atoms with Crippen LogP contribution >= 0.6 is 0 Å². The maximum absolute atomic E-state index is 14.5. The molecule has 2 fully saturated rings. The fraction of sp³-hybridized carbons (Fsp3) is 0.375. The number of imidazole rings is 2. The molecule has 0 saturated carbocycles. The van der Waals surface area contributed by atoms with Crippen LogP contribution in [-0.4, -0.2) is 111 Å². The van der Waals surface area contributed by atoms with Crippen LogP contribution in [0.5, 0.6) is 17.2 Å². The van der Waals surface area contributed by atoms with Crippen LogP contribution in [0.3, 0.4) is 0 Å². The van der Waals surface area contributed by atoms with Gasteiger partial charge in [-0.25, -0.2) is 14.8 Å². The third kappa shape index (κ3) is 8.92. The Kier molecular flexibility index (Phi) is 13.5. The van der Waals surface area contributed by atoms with Crippen LogP contribution in [0.1, 0.15) is 101 Å². The second-order valence-corrected chi connectivity index (χ2v) is 19.1. The maximum Gasteiger partial charge on any atom is 0.407 e. The normalized spacial score (nSPS) is 18.2. The van der Waals surface area contributed by atoms with Crippen LogP contribution in [-0.2, 0) is 14.3 Å². The summed E-state index contributed by atoms with van der Waals surface area (Å²) < 4.78 is 25.6. The lowest BCUT2D eigenvalue weighted by Crippen LogP contribution is -2.51. The number of hydrogen-bond donors (Lipinski definition) is 3. The van der Waals surface area contributed by atoms with E-state index in [2.05, 4.69) is 87.1 Å². The highest BCUT2D eigenvalue weighted by molar-refractivity contribution is 5.93. The van der Waals surface area contributed by atoms with Crippen molar-refractivity contribution in [2.24, 2.45) is 5.92 Å². The number of likely N-dealkylation sites (N-methyl/N-ethyl adjacent to an activating group) is 1. The number of H-pyrrole nitrogens is 2. The smallest absolute Gasteiger partial charge is 0.407 e. The van der Waals surface area contributed by atoms with Crippen molar-refractivity contribution in [1.29, 1.82) is 0 Å². The van der Waals surface area contributed by atoms with E-state index in [0.717, 1.165) is 100 Å². The molecule has 10 rings (SSSR count). The van der Waals surface area contributed by atoms with Crippen LogP contribution in [0.15, 0.2) is 103 Å². The van der Waals surface area contributed by atoms with Crippen molar-refractivity contribution >= 4 is 28.8 Å². The number of fused-ring (bicyclic) bond motifs is 5. The predicted molar refractivity (Wildman–Crippen MR) is 274 cm³/mol. The molecule has 4 aromatic carbocycles. The highest BCUT2D eigenvalue weighted by Gasteiger charge is 2.40. The summed E-state index contributed by atoms with van der Waals surface area (Å²) >= 11 is 0. The van der Waals surface area contributed by atoms with Crippen molar-refractivity contribution in [2.75, 3.05) is 47.5 Å². The number of likely N-dealkylation sites (tertiary alicyclic amines) is 2. The van der Waals surface area contributed by atoms with Crippen molar-refractivity contribution < 1.29 is 33.3 Å². The van der Waals surface area contributed by atoms with Gasteiger partial charge in [0.1, 0.15) is 41.0 Å². The van der Waals surface area contributed by atoms with E-state index < -0.39 is 18.4 Å². The molecule has 7 aromatic rings. The molecule has 0 radical (unpaired) electrons. The van der Waals surface area contributed by atoms with E-state index >= 15 is 0 Å². The second kappa shape index (κ2) is 20.3. The molecule has 0 bridgehead atoms. The topological polar surface area (TPSA) is 172 Å². The Morgan fingerprint density at radius 1 is 0.764 bits per heavy atom. The number of benzene rings is 4. The quantitative estimate of drug-likeness (QED) is 0.0898. The van der Waals surface area contributed by atoms with Gasteiger partial charge in [-0.1, -0.05) is 70.2 Å². The number of nitrogens with zero attached hydrogens (tertiary/aromatic N) is 6. The molecule has 16 heteroatoms. The Balaban J connectivity index is 0.970. The minimum Gasteiger partial charge on any atom is -0.497 e. The Morgan fingerprint density at radius 2 is 1.38 bits per heavy atom. The molecule has 3 aliphatic heterocycles. The van der Waals surface area contributed by atoms with E-state index in [1.807, 2.05) is 72.3 Å². The molecule has 0 aliphatic carbocycles. The van der Waals surface area contributed by atoms with Crippen molar-refractivity contribution in [1.82, 2.24) is 44.5 Å². The van der Waals surface area contributed by atoms with E-state index in [-0.39, 0.29) is 35.9 Å². The zero-order chi connectivity index (χ0) is 50.2. The lowest BCUT2D eigenvalue weighted by atomic mass is 10.0. The van der Waals surface area contributed by atoms with Gasteiger partial charge in [0.15, 0.2) is 0 Å². The number of aromatic amines is 2. The lowest BCUT2D eigenvalue weighted by molar-refractivity contribution is -0.138. The predicted octanol–water partition coefficient (Wildman–Crippen LogP) is 9.84. The maximum atomic E-state index is 14.5. The average molecular weight is 974 g/mol. The standard InChI is InChI=1S/C56H63N9O7/c1-8-62(9-2)50(34-15-11-10-12-16-34)54(67)64-24-14-18-46(64)52-57-31-42(59-52)35-20-22-44-37(25-35)28-47-41-21-19-36(29-48(41)72-55(65(44)47)38-26-39(69-5)30-40(27-38)70-6)43-32-58-51(60-43)45-17-13-23-63(45)53(66)49(33(3)4)61-56(68)71-7/h10-12,15-16,19-22,25-33,45-46,49-50,55H,8-9,13-14,17-18,23-24H2,1-7H3,(H,57,59)(H,58,60)(H,61,68)/t45?,46-,49-,50?,55?/m0/s1. The molecule has 3 aromatic heterocycles. The Morgan fingerprint density at radius 3 is 1.97 bits per heavy atom. The second-order valence-electron chi connectivity index (χ2n) is 19.1. The van der Waals surface area contributed by atoms with E-state index in [9.17, 15) is 14.4 Å². The van der Waals surface area contributed by atoms with Crippen molar-refractivity contribution in [3.8, 4) is 51.0 Å². The number of rotatable bonds is 15. The minimum atomic E-state index is -0.730. The molecule has 5 atom stereocenters. The molecule has 72 heavy (non-hydrogen) atoms. The largest absolute Gasteiger partial charge is 0.497 e. The van der Waals surface area contributed by atoms with Gasteiger partial charge in [0, 0.05) is 46.8 Å². The highest BCUT2D eigenvalue weighted by Crippen LogP contribution is 2.47. The number of carbonyl (C=O) groups excluding carboxylic acids is 3. The van der Waals surface area contributed by atoms with E-state index in [0.29, 0.717) is 36.2 Å². The highest BCUT2D eigenvalue weighted by atomic mass is 16.5. The van der Waals surface area contributed by atoms with Gasteiger partial charge in [-0.15, -0.1) is 0 Å². The summed E-state index contributed by atoms with van der Waals surface area (Å²) in [5.41, 5.74) is 8.19. The SMILES string of the molecule is CCN(CC)C(C(=O)N1CCC[C@H]1c1ncc(-c2ccc3c(c2)cc2n3C(c3cc(OC)cc(OC)c3)Oc3cc(-c4cnc(C5CCCN5C(=O)[C@@H](NC(=O)OC)C(C)C)[nH]4)ccc3-2)[nH]1)c1ccccc1.